The third-order valence-electron chi connectivity index (χ3n) is 1.60. The molecule has 0 atom stereocenters. The van der Waals surface area contributed by atoms with Crippen molar-refractivity contribution in [3.05, 3.63) is 24.3 Å². The van der Waals surface area contributed by atoms with Crippen LogP contribution in [0.2, 0.25) is 0 Å². The Bertz CT molecular complexity index is 148. The third-order valence-corrected chi connectivity index (χ3v) is 1.75. The van der Waals surface area contributed by atoms with Crippen molar-refractivity contribution in [1.82, 2.24) is 0 Å². The summed E-state index contributed by atoms with van der Waals surface area (Å²) in [5.74, 6) is 0.479. The number of allylic oxidation sites excluding steroid dienone is 4. The van der Waals surface area contributed by atoms with Crippen LogP contribution in [0.25, 0.3) is 0 Å². The van der Waals surface area contributed by atoms with Gasteiger partial charge in [-0.25, -0.2) is 0 Å². The van der Waals surface area contributed by atoms with Gasteiger partial charge in [0.15, 0.2) is 0 Å². The van der Waals surface area contributed by atoms with E-state index >= 15 is 0 Å². The summed E-state index contributed by atoms with van der Waals surface area (Å²) >= 11 is 6.13. The van der Waals surface area contributed by atoms with Crippen LogP contribution in [0.1, 0.15) is 34.1 Å². The van der Waals surface area contributed by atoms with Crippen molar-refractivity contribution in [2.45, 2.75) is 39.0 Å². The molecular formula is C11H19Cl. The van der Waals surface area contributed by atoms with Crippen LogP contribution in [0.15, 0.2) is 24.3 Å². The summed E-state index contributed by atoms with van der Waals surface area (Å²) in [5, 5.41) is 0. The van der Waals surface area contributed by atoms with Gasteiger partial charge in [0.1, 0.15) is 0 Å². The van der Waals surface area contributed by atoms with Gasteiger partial charge in [-0.05, 0) is 40.0 Å². The predicted octanol–water partition coefficient (Wildman–Crippen LogP) is 4.16. The first-order valence-corrected chi connectivity index (χ1v) is 4.82. The molecule has 0 aliphatic carbocycles. The van der Waals surface area contributed by atoms with E-state index in [1.807, 2.05) is 13.8 Å². The average Bonchev–Trinajstić information content (AvgIpc) is 1.84. The molecule has 0 aromatic carbocycles. The molecule has 0 amide bonds. The fourth-order valence-corrected chi connectivity index (χ4v) is 1.43. The Morgan fingerprint density at radius 1 is 1.17 bits per heavy atom. The zero-order valence-electron chi connectivity index (χ0n) is 8.47. The lowest BCUT2D eigenvalue weighted by Crippen LogP contribution is -2.14. The van der Waals surface area contributed by atoms with E-state index in [1.54, 1.807) is 0 Å². The second-order valence-electron chi connectivity index (χ2n) is 3.64. The Hall–Kier alpha value is -0.230. The van der Waals surface area contributed by atoms with Gasteiger partial charge in [0.25, 0.3) is 0 Å². The van der Waals surface area contributed by atoms with Crippen molar-refractivity contribution in [1.29, 1.82) is 0 Å². The van der Waals surface area contributed by atoms with Crippen LogP contribution in [-0.4, -0.2) is 4.87 Å². The van der Waals surface area contributed by atoms with Gasteiger partial charge in [-0.2, -0.15) is 0 Å². The molecule has 0 aliphatic heterocycles. The lowest BCUT2D eigenvalue weighted by atomic mass is 9.95. The molecule has 0 heterocycles. The summed E-state index contributed by atoms with van der Waals surface area (Å²) in [6, 6.07) is 0. The molecule has 12 heavy (non-hydrogen) atoms. The zero-order chi connectivity index (χ0) is 9.61. The van der Waals surface area contributed by atoms with Gasteiger partial charge >= 0.3 is 0 Å². The van der Waals surface area contributed by atoms with Gasteiger partial charge in [-0.3, -0.25) is 0 Å². The van der Waals surface area contributed by atoms with E-state index in [2.05, 4.69) is 38.2 Å². The standard InChI is InChI=1S/C11H19Cl/c1-5-7-10(8-6-2)9-11(3,4)12/h5-8,10H,9H2,1-4H3/b7-5+,8-6+. The minimum Gasteiger partial charge on any atom is -0.120 e. The lowest BCUT2D eigenvalue weighted by molar-refractivity contribution is 0.567. The maximum absolute atomic E-state index is 6.13. The van der Waals surface area contributed by atoms with Crippen molar-refractivity contribution in [3.8, 4) is 0 Å². The molecule has 70 valence electrons. The van der Waals surface area contributed by atoms with Crippen LogP contribution >= 0.6 is 11.6 Å². The largest absolute Gasteiger partial charge is 0.120 e. The smallest absolute Gasteiger partial charge is 0.0399 e. The van der Waals surface area contributed by atoms with Gasteiger partial charge < -0.3 is 0 Å². The molecule has 0 nitrogen and oxygen atoms in total. The molecule has 0 radical (unpaired) electrons. The summed E-state index contributed by atoms with van der Waals surface area (Å²) in [5.41, 5.74) is 0. The van der Waals surface area contributed by atoms with Crippen LogP contribution < -0.4 is 0 Å². The molecule has 0 fully saturated rings. The number of halogens is 1. The van der Waals surface area contributed by atoms with E-state index in [4.69, 9.17) is 11.6 Å². The average molecular weight is 187 g/mol. The summed E-state index contributed by atoms with van der Waals surface area (Å²) < 4.78 is 0. The first-order chi connectivity index (χ1) is 5.49. The molecule has 0 spiro atoms. The minimum absolute atomic E-state index is 0.107. The molecule has 0 rings (SSSR count). The highest BCUT2D eigenvalue weighted by molar-refractivity contribution is 6.23. The van der Waals surface area contributed by atoms with E-state index in [0.717, 1.165) is 6.42 Å². The Morgan fingerprint density at radius 2 is 1.58 bits per heavy atom. The van der Waals surface area contributed by atoms with Gasteiger partial charge in [-0.1, -0.05) is 24.3 Å². The summed E-state index contributed by atoms with van der Waals surface area (Å²) in [7, 11) is 0. The molecular weight excluding hydrogens is 168 g/mol. The summed E-state index contributed by atoms with van der Waals surface area (Å²) in [6.07, 6.45) is 9.51. The van der Waals surface area contributed by atoms with Gasteiger partial charge in [-0.15, -0.1) is 11.6 Å². The fraction of sp³-hybridized carbons (Fsp3) is 0.636. The van der Waals surface area contributed by atoms with E-state index < -0.39 is 0 Å². The molecule has 0 N–H and O–H groups in total. The molecule has 0 aliphatic rings. The normalized spacial score (nSPS) is 13.8. The number of alkyl halides is 1. The highest BCUT2D eigenvalue weighted by atomic mass is 35.5. The molecule has 0 saturated carbocycles. The maximum Gasteiger partial charge on any atom is 0.0399 e. The van der Waals surface area contributed by atoms with Gasteiger partial charge in [0, 0.05) is 4.87 Å². The highest BCUT2D eigenvalue weighted by Crippen LogP contribution is 2.24. The second kappa shape index (κ2) is 5.42. The Balaban J connectivity index is 4.14. The van der Waals surface area contributed by atoms with Gasteiger partial charge in [0.05, 0.1) is 0 Å². The first kappa shape index (κ1) is 11.8. The Kier molecular flexibility index (Phi) is 5.32. The maximum atomic E-state index is 6.13. The second-order valence-corrected chi connectivity index (χ2v) is 4.66. The quantitative estimate of drug-likeness (QED) is 0.457. The predicted molar refractivity (Wildman–Crippen MR) is 57.7 cm³/mol. The fourth-order valence-electron chi connectivity index (χ4n) is 1.26. The van der Waals surface area contributed by atoms with Crippen molar-refractivity contribution in [3.63, 3.8) is 0 Å². The molecule has 0 saturated heterocycles. The van der Waals surface area contributed by atoms with E-state index in [1.165, 1.54) is 0 Å². The van der Waals surface area contributed by atoms with Crippen molar-refractivity contribution in [2.24, 2.45) is 5.92 Å². The number of hydrogen-bond donors (Lipinski definition) is 0. The van der Waals surface area contributed by atoms with Crippen LogP contribution in [0.5, 0.6) is 0 Å². The van der Waals surface area contributed by atoms with Crippen LogP contribution in [-0.2, 0) is 0 Å². The Morgan fingerprint density at radius 3 is 1.83 bits per heavy atom. The third kappa shape index (κ3) is 6.48. The SMILES string of the molecule is C/C=C/C(/C=C/C)CC(C)(C)Cl. The number of hydrogen-bond acceptors (Lipinski definition) is 0. The van der Waals surface area contributed by atoms with Crippen LogP contribution in [0.4, 0.5) is 0 Å². The van der Waals surface area contributed by atoms with E-state index in [0.29, 0.717) is 5.92 Å². The van der Waals surface area contributed by atoms with Crippen molar-refractivity contribution >= 4 is 11.6 Å². The van der Waals surface area contributed by atoms with Crippen LogP contribution in [0, 0.1) is 5.92 Å². The Labute approximate surface area is 81.3 Å². The number of rotatable bonds is 4. The molecule has 1 heteroatoms. The van der Waals surface area contributed by atoms with Crippen LogP contribution in [0.3, 0.4) is 0 Å². The summed E-state index contributed by atoms with van der Waals surface area (Å²) in [6.45, 7) is 8.18. The highest BCUT2D eigenvalue weighted by Gasteiger charge is 2.16. The zero-order valence-corrected chi connectivity index (χ0v) is 9.23. The molecule has 0 unspecified atom stereocenters. The molecule has 0 aromatic rings. The molecule has 0 bridgehead atoms. The van der Waals surface area contributed by atoms with E-state index in [-0.39, 0.29) is 4.87 Å². The van der Waals surface area contributed by atoms with Gasteiger partial charge in [0.2, 0.25) is 0 Å². The minimum atomic E-state index is -0.107. The van der Waals surface area contributed by atoms with E-state index in [9.17, 15) is 0 Å². The molecule has 0 aromatic heterocycles. The monoisotopic (exact) mass is 186 g/mol. The topological polar surface area (TPSA) is 0 Å². The summed E-state index contributed by atoms with van der Waals surface area (Å²) in [4.78, 5) is -0.107. The first-order valence-electron chi connectivity index (χ1n) is 4.44. The van der Waals surface area contributed by atoms with Crippen molar-refractivity contribution < 1.29 is 0 Å². The lowest BCUT2D eigenvalue weighted by Gasteiger charge is -2.19. The van der Waals surface area contributed by atoms with Crippen molar-refractivity contribution in [2.75, 3.05) is 0 Å².